The summed E-state index contributed by atoms with van der Waals surface area (Å²) in [5.74, 6) is 0. The van der Waals surface area contributed by atoms with Crippen LogP contribution in [-0.2, 0) is 4.99 Å². The Labute approximate surface area is 77.2 Å². The van der Waals surface area contributed by atoms with Gasteiger partial charge in [-0.05, 0) is 0 Å². The van der Waals surface area contributed by atoms with Crippen molar-refractivity contribution in [2.75, 3.05) is 0 Å². The minimum atomic E-state index is 0. The Balaban J connectivity index is 0. The summed E-state index contributed by atoms with van der Waals surface area (Å²) in [6.07, 6.45) is 0. The standard InChI is InChI=1S/HNO3.Rb/c2-1-4-3;/h3H;/q;+1/p-1. The second kappa shape index (κ2) is 8.94. The van der Waals surface area contributed by atoms with Crippen molar-refractivity contribution < 1.29 is 68.4 Å². The average molecular weight is 147 g/mol. The van der Waals surface area contributed by atoms with Gasteiger partial charge in [0.2, 0.25) is 0 Å². The topological polar surface area (TPSA) is 61.7 Å². The molecule has 0 bridgehead atoms. The van der Waals surface area contributed by atoms with Crippen molar-refractivity contribution in [2.45, 2.75) is 0 Å². The molecule has 0 aliphatic heterocycles. The molecular formula is NO3Rb. The Kier molecular flexibility index (Phi) is 17.0. The molecule has 5 heteroatoms. The third kappa shape index (κ3) is 11.0. The van der Waals surface area contributed by atoms with Crippen LogP contribution in [0.1, 0.15) is 0 Å². The molecule has 24 valence electrons. The summed E-state index contributed by atoms with van der Waals surface area (Å²) in [5, 5.41) is 9.75. The van der Waals surface area contributed by atoms with E-state index in [0.29, 0.717) is 0 Å². The van der Waals surface area contributed by atoms with Crippen molar-refractivity contribution >= 4 is 0 Å². The monoisotopic (exact) mass is 147 g/mol. The van der Waals surface area contributed by atoms with Gasteiger partial charge in [0.15, 0.2) is 0 Å². The van der Waals surface area contributed by atoms with E-state index >= 15 is 0 Å². The van der Waals surface area contributed by atoms with Gasteiger partial charge in [-0.2, -0.15) is 0 Å². The zero-order chi connectivity index (χ0) is 3.41. The smallest absolute Gasteiger partial charge is 0.635 e. The van der Waals surface area contributed by atoms with E-state index in [9.17, 15) is 0 Å². The molecule has 0 amide bonds. The first-order valence-corrected chi connectivity index (χ1v) is 0.532. The molecule has 0 radical (unpaired) electrons. The van der Waals surface area contributed by atoms with Gasteiger partial charge in [-0.3, -0.25) is 0 Å². The third-order valence-electron chi connectivity index (χ3n) is 0.0304. The quantitative estimate of drug-likeness (QED) is 0.216. The van der Waals surface area contributed by atoms with E-state index in [4.69, 9.17) is 10.2 Å². The summed E-state index contributed by atoms with van der Waals surface area (Å²) < 4.78 is 0. The van der Waals surface area contributed by atoms with Gasteiger partial charge < -0.3 is 10.2 Å². The molecule has 0 aromatic carbocycles. The van der Waals surface area contributed by atoms with Gasteiger partial charge >= 0.3 is 58.2 Å². The fourth-order valence-corrected chi connectivity index (χ4v) is 0. The van der Waals surface area contributed by atoms with E-state index < -0.39 is 0 Å². The first kappa shape index (κ1) is 9.48. The summed E-state index contributed by atoms with van der Waals surface area (Å²) >= 11 is 0. The van der Waals surface area contributed by atoms with Crippen molar-refractivity contribution in [3.63, 3.8) is 0 Å². The van der Waals surface area contributed by atoms with Crippen LogP contribution in [0, 0.1) is 4.91 Å². The van der Waals surface area contributed by atoms with Crippen molar-refractivity contribution in [3.8, 4) is 0 Å². The van der Waals surface area contributed by atoms with Gasteiger partial charge in [-0.25, -0.2) is 0 Å². The Hall–Kier alpha value is 1.17. The van der Waals surface area contributed by atoms with Gasteiger partial charge in [-0.15, -0.1) is 4.91 Å². The predicted octanol–water partition coefficient (Wildman–Crippen LogP) is -4.04. The van der Waals surface area contributed by atoms with E-state index in [0.717, 1.165) is 0 Å². The minimum Gasteiger partial charge on any atom is -0.635 e. The van der Waals surface area contributed by atoms with E-state index in [1.54, 1.807) is 0 Å². The van der Waals surface area contributed by atoms with Gasteiger partial charge in [0.05, 0.1) is 0 Å². The number of nitrogens with zero attached hydrogens (tertiary/aromatic N) is 1. The molecule has 0 unspecified atom stereocenters. The maximum Gasteiger partial charge on any atom is 1.00 e. The van der Waals surface area contributed by atoms with Gasteiger partial charge in [0, 0.05) is 0 Å². The SMILES string of the molecule is O=NO[O-].[Rb+]. The van der Waals surface area contributed by atoms with Crippen molar-refractivity contribution in [2.24, 2.45) is 5.34 Å². The maximum absolute atomic E-state index is 8.39. The van der Waals surface area contributed by atoms with Crippen LogP contribution in [0.2, 0.25) is 0 Å². The zero-order valence-electron chi connectivity index (χ0n) is 2.67. The van der Waals surface area contributed by atoms with Crippen LogP contribution in [-0.4, -0.2) is 0 Å². The normalized spacial score (nSPS) is 4.20. The number of hydrogen-bond acceptors (Lipinski definition) is 4. The molecule has 0 atom stereocenters. The van der Waals surface area contributed by atoms with Crippen LogP contribution in [0.5, 0.6) is 0 Å². The predicted molar refractivity (Wildman–Crippen MR) is 6.88 cm³/mol. The molecule has 0 spiro atoms. The molecule has 0 heterocycles. The fourth-order valence-electron chi connectivity index (χ4n) is 0. The van der Waals surface area contributed by atoms with Gasteiger partial charge in [0.1, 0.15) is 5.34 Å². The number of rotatable bonds is 1. The summed E-state index contributed by atoms with van der Waals surface area (Å²) in [6.45, 7) is 0. The molecule has 0 aromatic rings. The summed E-state index contributed by atoms with van der Waals surface area (Å²) in [7, 11) is 0. The van der Waals surface area contributed by atoms with E-state index in [2.05, 4.69) is 4.99 Å². The van der Waals surface area contributed by atoms with Crippen molar-refractivity contribution in [3.05, 3.63) is 4.91 Å². The van der Waals surface area contributed by atoms with Crippen molar-refractivity contribution in [1.82, 2.24) is 0 Å². The Morgan fingerprint density at radius 3 is 2.00 bits per heavy atom. The van der Waals surface area contributed by atoms with Crippen molar-refractivity contribution in [1.29, 1.82) is 0 Å². The average Bonchev–Trinajstić information content (AvgIpc) is 1.37. The summed E-state index contributed by atoms with van der Waals surface area (Å²) in [5.41, 5.74) is 0. The van der Waals surface area contributed by atoms with Crippen LogP contribution >= 0.6 is 0 Å². The minimum absolute atomic E-state index is 0. The second-order valence-corrected chi connectivity index (χ2v) is 0.149. The van der Waals surface area contributed by atoms with E-state index in [1.807, 2.05) is 0 Å². The molecule has 0 rings (SSSR count). The van der Waals surface area contributed by atoms with Crippen LogP contribution in [0.25, 0.3) is 0 Å². The molecule has 4 nitrogen and oxygen atoms in total. The second-order valence-electron chi connectivity index (χ2n) is 0.149. The Morgan fingerprint density at radius 2 is 2.00 bits per heavy atom. The fraction of sp³-hybridized carbons (Fsp3) is 0. The first-order valence-electron chi connectivity index (χ1n) is 0.532. The summed E-state index contributed by atoms with van der Waals surface area (Å²) in [6, 6.07) is 0. The molecule has 0 aliphatic carbocycles. The number of hydrogen-bond donors (Lipinski definition) is 0. The van der Waals surface area contributed by atoms with Crippen LogP contribution in [0.4, 0.5) is 0 Å². The van der Waals surface area contributed by atoms with Crippen LogP contribution < -0.4 is 63.4 Å². The first-order chi connectivity index (χ1) is 1.91. The molecule has 5 heavy (non-hydrogen) atoms. The molecule has 0 saturated heterocycles. The van der Waals surface area contributed by atoms with E-state index in [-0.39, 0.29) is 58.2 Å². The molecule has 0 aromatic heterocycles. The summed E-state index contributed by atoms with van der Waals surface area (Å²) in [4.78, 5) is 10.8. The Bertz CT molecular complexity index is 20.9. The zero-order valence-corrected chi connectivity index (χ0v) is 7.59. The molecule has 0 aliphatic rings. The third-order valence-corrected chi connectivity index (χ3v) is 0.0304. The molecule has 0 fully saturated rings. The maximum atomic E-state index is 8.39. The van der Waals surface area contributed by atoms with Gasteiger partial charge in [-0.1, -0.05) is 0 Å². The largest absolute Gasteiger partial charge is 1.00 e. The molecular weight excluding hydrogens is 147 g/mol. The van der Waals surface area contributed by atoms with Crippen LogP contribution in [0.15, 0.2) is 5.34 Å². The van der Waals surface area contributed by atoms with Crippen LogP contribution in [0.3, 0.4) is 0 Å². The Morgan fingerprint density at radius 1 is 1.80 bits per heavy atom. The molecule has 0 N–H and O–H groups in total. The van der Waals surface area contributed by atoms with Gasteiger partial charge in [0.25, 0.3) is 0 Å². The van der Waals surface area contributed by atoms with E-state index in [1.165, 1.54) is 5.34 Å². The molecule has 0 saturated carbocycles.